The predicted molar refractivity (Wildman–Crippen MR) is 144 cm³/mol. The number of carboxylic acid groups (broad SMARTS) is 1. The van der Waals surface area contributed by atoms with Gasteiger partial charge in [0.15, 0.2) is 16.7 Å². The van der Waals surface area contributed by atoms with E-state index in [4.69, 9.17) is 14.5 Å². The van der Waals surface area contributed by atoms with Crippen molar-refractivity contribution in [3.8, 4) is 27.4 Å². The molecule has 0 saturated heterocycles. The zero-order valence-electron chi connectivity index (χ0n) is 20.2. The SMILES string of the molecule is COCCOc1ccc(-c2nc(Nc3ncc(-c4cccs4)cc3C(=O)O)sc2C2CCCC2)cc1F. The molecular formula is C27H26FN3O4S2. The third-order valence-electron chi connectivity index (χ3n) is 6.28. The highest BCUT2D eigenvalue weighted by atomic mass is 32.1. The Morgan fingerprint density at radius 3 is 2.73 bits per heavy atom. The number of carbonyl (C=O) groups is 1. The van der Waals surface area contributed by atoms with Crippen LogP contribution in [0, 0.1) is 5.82 Å². The normalized spacial score (nSPS) is 13.7. The van der Waals surface area contributed by atoms with Gasteiger partial charge < -0.3 is 19.9 Å². The Bertz CT molecular complexity index is 1380. The Morgan fingerprint density at radius 1 is 1.19 bits per heavy atom. The number of aromatic carboxylic acids is 1. The van der Waals surface area contributed by atoms with E-state index in [1.165, 1.54) is 28.7 Å². The van der Waals surface area contributed by atoms with Crippen LogP contribution in [0.1, 0.15) is 46.8 Å². The largest absolute Gasteiger partial charge is 0.488 e. The van der Waals surface area contributed by atoms with Gasteiger partial charge in [0.05, 0.1) is 12.3 Å². The van der Waals surface area contributed by atoms with E-state index in [9.17, 15) is 14.3 Å². The molecule has 0 bridgehead atoms. The summed E-state index contributed by atoms with van der Waals surface area (Å²) in [5.74, 6) is -0.825. The number of hydrogen-bond acceptors (Lipinski definition) is 8. The van der Waals surface area contributed by atoms with Crippen LogP contribution in [-0.4, -0.2) is 41.4 Å². The minimum atomic E-state index is -1.08. The quantitative estimate of drug-likeness (QED) is 0.206. The molecule has 1 fully saturated rings. The number of thiophene rings is 1. The van der Waals surface area contributed by atoms with E-state index in [0.29, 0.717) is 28.9 Å². The molecule has 0 atom stereocenters. The molecule has 0 radical (unpaired) electrons. The summed E-state index contributed by atoms with van der Waals surface area (Å²) in [6, 6.07) is 10.3. The van der Waals surface area contributed by atoms with Gasteiger partial charge in [0, 0.05) is 34.2 Å². The van der Waals surface area contributed by atoms with Gasteiger partial charge in [0.2, 0.25) is 0 Å². The van der Waals surface area contributed by atoms with Crippen molar-refractivity contribution in [2.75, 3.05) is 25.6 Å². The van der Waals surface area contributed by atoms with E-state index in [-0.39, 0.29) is 23.7 Å². The highest BCUT2D eigenvalue weighted by Gasteiger charge is 2.26. The average molecular weight is 540 g/mol. The fourth-order valence-corrected chi connectivity index (χ4v) is 6.33. The van der Waals surface area contributed by atoms with E-state index in [1.807, 2.05) is 17.5 Å². The maximum atomic E-state index is 14.8. The molecule has 3 aromatic heterocycles. The highest BCUT2D eigenvalue weighted by Crippen LogP contribution is 2.44. The van der Waals surface area contributed by atoms with Crippen molar-refractivity contribution < 1.29 is 23.8 Å². The molecule has 4 aromatic rings. The molecule has 0 unspecified atom stereocenters. The topological polar surface area (TPSA) is 93.6 Å². The third-order valence-corrected chi connectivity index (χ3v) is 8.33. The summed E-state index contributed by atoms with van der Waals surface area (Å²) in [5, 5.41) is 15.4. The van der Waals surface area contributed by atoms with Crippen molar-refractivity contribution in [1.29, 1.82) is 0 Å². The Hall–Kier alpha value is -3.34. The van der Waals surface area contributed by atoms with Crippen molar-refractivity contribution in [1.82, 2.24) is 9.97 Å². The van der Waals surface area contributed by atoms with Crippen LogP contribution in [0.5, 0.6) is 5.75 Å². The van der Waals surface area contributed by atoms with E-state index >= 15 is 0 Å². The number of hydrogen-bond donors (Lipinski definition) is 2. The molecule has 0 amide bonds. The second-order valence-corrected chi connectivity index (χ2v) is 10.7. The molecule has 5 rings (SSSR count). The molecule has 1 saturated carbocycles. The number of pyridine rings is 1. The zero-order chi connectivity index (χ0) is 25.8. The second kappa shape index (κ2) is 11.4. The molecule has 1 aliphatic rings. The van der Waals surface area contributed by atoms with Gasteiger partial charge in [-0.05, 0) is 54.5 Å². The Kier molecular flexibility index (Phi) is 7.78. The Morgan fingerprint density at radius 2 is 2.03 bits per heavy atom. The highest BCUT2D eigenvalue weighted by molar-refractivity contribution is 7.16. The molecule has 192 valence electrons. The van der Waals surface area contributed by atoms with E-state index in [2.05, 4.69) is 10.3 Å². The van der Waals surface area contributed by atoms with E-state index in [0.717, 1.165) is 41.0 Å². The van der Waals surface area contributed by atoms with E-state index < -0.39 is 11.8 Å². The average Bonchev–Trinajstić information content (AvgIpc) is 3.67. The maximum Gasteiger partial charge on any atom is 0.339 e. The van der Waals surface area contributed by atoms with Crippen LogP contribution in [0.15, 0.2) is 48.0 Å². The first-order valence-electron chi connectivity index (χ1n) is 12.0. The van der Waals surface area contributed by atoms with Crippen LogP contribution in [0.25, 0.3) is 21.7 Å². The number of carboxylic acids is 1. The molecular weight excluding hydrogens is 513 g/mol. The van der Waals surface area contributed by atoms with Crippen molar-refractivity contribution >= 4 is 39.6 Å². The van der Waals surface area contributed by atoms with Gasteiger partial charge in [-0.3, -0.25) is 0 Å². The number of anilines is 2. The predicted octanol–water partition coefficient (Wildman–Crippen LogP) is 7.20. The number of thiazole rings is 1. The van der Waals surface area contributed by atoms with Crippen LogP contribution in [0.2, 0.25) is 0 Å². The number of halogens is 1. The lowest BCUT2D eigenvalue weighted by Gasteiger charge is -2.11. The lowest BCUT2D eigenvalue weighted by atomic mass is 10.0. The molecule has 1 aliphatic carbocycles. The van der Waals surface area contributed by atoms with Crippen LogP contribution in [-0.2, 0) is 4.74 Å². The number of methoxy groups -OCH3 is 1. The van der Waals surface area contributed by atoms with Crippen molar-refractivity contribution in [2.45, 2.75) is 31.6 Å². The third kappa shape index (κ3) is 5.66. The molecule has 0 spiro atoms. The minimum absolute atomic E-state index is 0.0636. The van der Waals surface area contributed by atoms with E-state index in [1.54, 1.807) is 31.5 Å². The van der Waals surface area contributed by atoms with Crippen LogP contribution >= 0.6 is 22.7 Å². The van der Waals surface area contributed by atoms with Crippen molar-refractivity contribution in [3.05, 3.63) is 64.2 Å². The smallest absolute Gasteiger partial charge is 0.339 e. The summed E-state index contributed by atoms with van der Waals surface area (Å²) in [4.78, 5) is 23.3. The summed E-state index contributed by atoms with van der Waals surface area (Å²) < 4.78 is 25.3. The molecule has 2 N–H and O–H groups in total. The van der Waals surface area contributed by atoms with Gasteiger partial charge in [0.1, 0.15) is 18.0 Å². The number of benzene rings is 1. The maximum absolute atomic E-state index is 14.8. The fourth-order valence-electron chi connectivity index (χ4n) is 4.46. The summed E-state index contributed by atoms with van der Waals surface area (Å²) in [5.41, 5.74) is 2.16. The minimum Gasteiger partial charge on any atom is -0.488 e. The lowest BCUT2D eigenvalue weighted by Crippen LogP contribution is -2.05. The summed E-state index contributed by atoms with van der Waals surface area (Å²) >= 11 is 2.99. The number of nitrogens with one attached hydrogen (secondary N) is 1. The first kappa shape index (κ1) is 25.3. The molecule has 1 aromatic carbocycles. The van der Waals surface area contributed by atoms with Crippen LogP contribution < -0.4 is 10.1 Å². The summed E-state index contributed by atoms with van der Waals surface area (Å²) in [6.45, 7) is 0.629. The van der Waals surface area contributed by atoms with Crippen LogP contribution in [0.4, 0.5) is 15.3 Å². The molecule has 7 nitrogen and oxygen atoms in total. The molecule has 10 heteroatoms. The van der Waals surface area contributed by atoms with Crippen LogP contribution in [0.3, 0.4) is 0 Å². The van der Waals surface area contributed by atoms with Gasteiger partial charge in [0.25, 0.3) is 0 Å². The number of aromatic nitrogens is 2. The van der Waals surface area contributed by atoms with Gasteiger partial charge in [-0.25, -0.2) is 19.2 Å². The Balaban J connectivity index is 1.47. The summed E-state index contributed by atoms with van der Waals surface area (Å²) in [6.07, 6.45) is 6.03. The molecule has 0 aliphatic heterocycles. The van der Waals surface area contributed by atoms with Crippen molar-refractivity contribution in [2.24, 2.45) is 0 Å². The first-order valence-corrected chi connectivity index (χ1v) is 13.7. The van der Waals surface area contributed by atoms with Gasteiger partial charge in [-0.2, -0.15) is 0 Å². The summed E-state index contributed by atoms with van der Waals surface area (Å²) in [7, 11) is 1.56. The standard InChI is InChI=1S/C27H26FN3O4S2/c1-34-10-11-35-21-9-8-17(14-20(21)28)23-24(16-5-2-3-6-16)37-27(30-23)31-25-19(26(32)33)13-18(15-29-25)22-7-4-12-36-22/h4,7-9,12-16H,2-3,5-6,10-11H2,1H3,(H,32,33)(H,29,30,31). The zero-order valence-corrected chi connectivity index (χ0v) is 21.8. The monoisotopic (exact) mass is 539 g/mol. The molecule has 3 heterocycles. The van der Waals surface area contributed by atoms with Crippen molar-refractivity contribution in [3.63, 3.8) is 0 Å². The fraction of sp³-hybridized carbons (Fsp3) is 0.296. The first-order chi connectivity index (χ1) is 18.0. The van der Waals surface area contributed by atoms with Gasteiger partial charge in [-0.1, -0.05) is 18.9 Å². The molecule has 37 heavy (non-hydrogen) atoms. The second-order valence-electron chi connectivity index (χ2n) is 8.73. The van der Waals surface area contributed by atoms with Gasteiger partial charge >= 0.3 is 5.97 Å². The number of ether oxygens (including phenoxy) is 2. The Labute approximate surface area is 221 Å². The lowest BCUT2D eigenvalue weighted by molar-refractivity contribution is 0.0697. The van der Waals surface area contributed by atoms with Gasteiger partial charge in [-0.15, -0.1) is 22.7 Å². The number of rotatable bonds is 10. The number of nitrogens with zero attached hydrogens (tertiary/aromatic N) is 2.